The van der Waals surface area contributed by atoms with E-state index in [2.05, 4.69) is 10.2 Å². The smallest absolute Gasteiger partial charge is 0.384 e. The minimum Gasteiger partial charge on any atom is -0.384 e. The van der Waals surface area contributed by atoms with Gasteiger partial charge in [0.1, 0.15) is 11.4 Å². The van der Waals surface area contributed by atoms with Gasteiger partial charge in [-0.1, -0.05) is 50.2 Å². The minimum atomic E-state index is -4.62. The predicted molar refractivity (Wildman–Crippen MR) is 112 cm³/mol. The fourth-order valence-electron chi connectivity index (χ4n) is 3.20. The van der Waals surface area contributed by atoms with Crippen molar-refractivity contribution in [3.05, 3.63) is 59.8 Å². The average Bonchev–Trinajstić information content (AvgIpc) is 3.18. The lowest BCUT2D eigenvalue weighted by Crippen LogP contribution is -2.11. The zero-order valence-electron chi connectivity index (χ0n) is 17.3. The van der Waals surface area contributed by atoms with E-state index in [1.54, 1.807) is 24.3 Å². The van der Waals surface area contributed by atoms with Crippen LogP contribution in [0.1, 0.15) is 31.0 Å². The molecule has 0 spiro atoms. The maximum atomic E-state index is 13.6. The van der Waals surface area contributed by atoms with Crippen molar-refractivity contribution in [3.63, 3.8) is 0 Å². The first-order valence-corrected chi connectivity index (χ1v) is 11.3. The van der Waals surface area contributed by atoms with Crippen LogP contribution in [0.3, 0.4) is 0 Å². The maximum Gasteiger partial charge on any atom is 0.433 e. The predicted octanol–water partition coefficient (Wildman–Crippen LogP) is 5.31. The number of ether oxygens (including phenoxy) is 1. The summed E-state index contributed by atoms with van der Waals surface area (Å²) in [5, 5.41) is 6.03. The highest BCUT2D eigenvalue weighted by Crippen LogP contribution is 2.41. The van der Waals surface area contributed by atoms with E-state index in [0.717, 1.165) is 5.56 Å². The summed E-state index contributed by atoms with van der Waals surface area (Å²) in [6.07, 6.45) is -4.62. The first kappa shape index (κ1) is 23.0. The van der Waals surface area contributed by atoms with E-state index in [1.807, 2.05) is 13.8 Å². The van der Waals surface area contributed by atoms with Gasteiger partial charge in [-0.3, -0.25) is 5.10 Å². The van der Waals surface area contributed by atoms with E-state index in [0.29, 0.717) is 11.1 Å². The molecule has 2 aromatic carbocycles. The zero-order valence-corrected chi connectivity index (χ0v) is 18.1. The molecule has 0 saturated heterocycles. The van der Waals surface area contributed by atoms with Crippen molar-refractivity contribution >= 4 is 9.84 Å². The molecule has 3 rings (SSSR count). The third-order valence-corrected chi connectivity index (χ3v) is 6.65. The third kappa shape index (κ3) is 4.99. The minimum absolute atomic E-state index is 0.0505. The van der Waals surface area contributed by atoms with Gasteiger partial charge in [0.15, 0.2) is 9.84 Å². The Kier molecular flexibility index (Phi) is 6.56. The molecule has 31 heavy (non-hydrogen) atoms. The summed E-state index contributed by atoms with van der Waals surface area (Å²) in [5.41, 5.74) is 0.838. The lowest BCUT2D eigenvalue weighted by molar-refractivity contribution is -0.140. The largest absolute Gasteiger partial charge is 0.433 e. The number of H-pyrrole nitrogens is 1. The Labute approximate surface area is 179 Å². The quantitative estimate of drug-likeness (QED) is 0.528. The van der Waals surface area contributed by atoms with Gasteiger partial charge in [-0.25, -0.2) is 8.42 Å². The number of sulfone groups is 1. The summed E-state index contributed by atoms with van der Waals surface area (Å²) in [7, 11) is -2.14. The Balaban J connectivity index is 2.07. The molecule has 5 nitrogen and oxygen atoms in total. The molecule has 0 unspecified atom stereocenters. The Morgan fingerprint density at radius 1 is 1.00 bits per heavy atom. The molecule has 0 atom stereocenters. The van der Waals surface area contributed by atoms with Gasteiger partial charge in [0.05, 0.1) is 17.3 Å². The van der Waals surface area contributed by atoms with Crippen LogP contribution < -0.4 is 0 Å². The normalized spacial score (nSPS) is 12.5. The number of hydrogen-bond acceptors (Lipinski definition) is 4. The molecule has 0 radical (unpaired) electrons. The average molecular weight is 452 g/mol. The number of aromatic amines is 1. The SMILES string of the molecule is COCCS(=O)(=O)c1ccc(-c2n[nH]c(C(F)(F)F)c2-c2ccc(C(C)C)cc2)cc1. The van der Waals surface area contributed by atoms with Crippen LogP contribution in [0, 0.1) is 0 Å². The molecule has 0 fully saturated rings. The van der Waals surface area contributed by atoms with E-state index >= 15 is 0 Å². The van der Waals surface area contributed by atoms with Gasteiger partial charge in [0, 0.05) is 18.2 Å². The molecule has 3 aromatic rings. The van der Waals surface area contributed by atoms with E-state index in [4.69, 9.17) is 4.74 Å². The van der Waals surface area contributed by atoms with Gasteiger partial charge in [0.25, 0.3) is 0 Å². The number of aromatic nitrogens is 2. The molecule has 0 amide bonds. The third-order valence-electron chi connectivity index (χ3n) is 4.96. The van der Waals surface area contributed by atoms with Crippen LogP contribution in [0.25, 0.3) is 22.4 Å². The molecule has 0 aliphatic rings. The summed E-state index contributed by atoms with van der Waals surface area (Å²) in [6.45, 7) is 4.05. The molecule has 9 heteroatoms. The second kappa shape index (κ2) is 8.84. The topological polar surface area (TPSA) is 72.1 Å². The van der Waals surface area contributed by atoms with E-state index in [9.17, 15) is 21.6 Å². The van der Waals surface area contributed by atoms with Crippen LogP contribution in [0.15, 0.2) is 53.4 Å². The Morgan fingerprint density at radius 2 is 1.58 bits per heavy atom. The summed E-state index contributed by atoms with van der Waals surface area (Å²) < 4.78 is 70.4. The van der Waals surface area contributed by atoms with E-state index in [-0.39, 0.29) is 34.4 Å². The fraction of sp³-hybridized carbons (Fsp3) is 0.318. The molecule has 1 heterocycles. The van der Waals surface area contributed by atoms with Crippen LogP contribution in [0.2, 0.25) is 0 Å². The van der Waals surface area contributed by atoms with Gasteiger partial charge >= 0.3 is 6.18 Å². The summed E-state index contributed by atoms with van der Waals surface area (Å²) in [5.74, 6) is 0.0595. The molecular weight excluding hydrogens is 429 g/mol. The van der Waals surface area contributed by atoms with Gasteiger partial charge in [-0.2, -0.15) is 18.3 Å². The van der Waals surface area contributed by atoms with Crippen molar-refractivity contribution in [2.45, 2.75) is 30.8 Å². The second-order valence-corrected chi connectivity index (χ2v) is 9.54. The van der Waals surface area contributed by atoms with Crippen LogP contribution in [0.4, 0.5) is 13.2 Å². The molecule has 1 aromatic heterocycles. The maximum absolute atomic E-state index is 13.6. The van der Waals surface area contributed by atoms with Crippen molar-refractivity contribution < 1.29 is 26.3 Å². The number of rotatable bonds is 7. The summed E-state index contributed by atoms with van der Waals surface area (Å²) >= 11 is 0. The summed E-state index contributed by atoms with van der Waals surface area (Å²) in [4.78, 5) is 0.0720. The standard InChI is InChI=1S/C22H23F3N2O3S/c1-14(2)15-4-6-16(7-5-15)19-20(26-27-21(19)22(23,24)25)17-8-10-18(11-9-17)31(28,29)13-12-30-3/h4-11,14H,12-13H2,1-3H3,(H,26,27). The summed E-state index contributed by atoms with van der Waals surface area (Å²) in [6, 6.07) is 12.5. The van der Waals surface area contributed by atoms with Crippen LogP contribution in [-0.2, 0) is 20.8 Å². The number of benzene rings is 2. The Hall–Kier alpha value is -2.65. The second-order valence-electron chi connectivity index (χ2n) is 7.43. The molecule has 0 aliphatic carbocycles. The van der Waals surface area contributed by atoms with Crippen LogP contribution >= 0.6 is 0 Å². The lowest BCUT2D eigenvalue weighted by Gasteiger charge is -2.11. The van der Waals surface area contributed by atoms with Gasteiger partial charge < -0.3 is 4.74 Å². The lowest BCUT2D eigenvalue weighted by atomic mass is 9.95. The molecule has 0 aliphatic heterocycles. The Bertz CT molecular complexity index is 1130. The number of methoxy groups -OCH3 is 1. The molecule has 1 N–H and O–H groups in total. The highest BCUT2D eigenvalue weighted by atomic mass is 32.2. The van der Waals surface area contributed by atoms with Gasteiger partial charge in [-0.15, -0.1) is 0 Å². The van der Waals surface area contributed by atoms with Crippen molar-refractivity contribution in [3.8, 4) is 22.4 Å². The molecule has 0 bridgehead atoms. The number of nitrogens with one attached hydrogen (secondary N) is 1. The highest BCUT2D eigenvalue weighted by Gasteiger charge is 2.38. The van der Waals surface area contributed by atoms with E-state index in [1.165, 1.54) is 31.4 Å². The van der Waals surface area contributed by atoms with Gasteiger partial charge in [-0.05, 0) is 29.2 Å². The van der Waals surface area contributed by atoms with Crippen molar-refractivity contribution in [2.24, 2.45) is 0 Å². The molecule has 0 saturated carbocycles. The fourth-order valence-corrected chi connectivity index (χ4v) is 4.38. The van der Waals surface area contributed by atoms with Crippen molar-refractivity contribution in [2.75, 3.05) is 19.5 Å². The Morgan fingerprint density at radius 3 is 2.10 bits per heavy atom. The zero-order chi connectivity index (χ0) is 22.8. The number of nitrogens with zero attached hydrogens (tertiary/aromatic N) is 1. The van der Waals surface area contributed by atoms with Crippen LogP contribution in [-0.4, -0.2) is 38.1 Å². The number of alkyl halides is 3. The number of hydrogen-bond donors (Lipinski definition) is 1. The highest BCUT2D eigenvalue weighted by molar-refractivity contribution is 7.91. The first-order chi connectivity index (χ1) is 14.5. The van der Waals surface area contributed by atoms with Crippen LogP contribution in [0.5, 0.6) is 0 Å². The van der Waals surface area contributed by atoms with E-state index < -0.39 is 21.7 Å². The molecular formula is C22H23F3N2O3S. The van der Waals surface area contributed by atoms with Crippen molar-refractivity contribution in [1.82, 2.24) is 10.2 Å². The van der Waals surface area contributed by atoms with Gasteiger partial charge in [0.2, 0.25) is 0 Å². The van der Waals surface area contributed by atoms with Crippen molar-refractivity contribution in [1.29, 1.82) is 0 Å². The monoisotopic (exact) mass is 452 g/mol. The molecule has 166 valence electrons. The first-order valence-electron chi connectivity index (χ1n) is 9.62. The number of halogens is 3.